The minimum absolute atomic E-state index is 0.167. The van der Waals surface area contributed by atoms with Crippen LogP contribution in [0.4, 0.5) is 11.4 Å². The lowest BCUT2D eigenvalue weighted by atomic mass is 9.96. The Labute approximate surface area is 140 Å². The highest BCUT2D eigenvalue weighted by Gasteiger charge is 2.19. The number of para-hydroxylation sites is 2. The van der Waals surface area contributed by atoms with Crippen LogP contribution in [0, 0.1) is 5.92 Å². The van der Waals surface area contributed by atoms with Gasteiger partial charge in [-0.1, -0.05) is 54.6 Å². The molecule has 1 aliphatic rings. The molecule has 1 atom stereocenters. The standard InChI is InChI=1S/C12H11N.C8H6O3/c1-3-7-11(8-4-1)13-12-9-5-2-6-10-12;9-5-6-3-1-2-4-7(6)8(10)11/h1-10,13H;1-4,7H,(H,10,11). The summed E-state index contributed by atoms with van der Waals surface area (Å²) in [5.41, 5.74) is 2.41. The second-order valence-corrected chi connectivity index (χ2v) is 4.97. The highest BCUT2D eigenvalue weighted by atomic mass is 16.4. The van der Waals surface area contributed by atoms with E-state index in [1.54, 1.807) is 18.1 Å². The molecule has 4 nitrogen and oxygen atoms in total. The molecule has 0 bridgehead atoms. The third kappa shape index (κ3) is 5.13. The molecule has 1 unspecified atom stereocenters. The smallest absolute Gasteiger partial charge is 0.315 e. The van der Waals surface area contributed by atoms with Crippen LogP contribution < -0.4 is 5.32 Å². The third-order valence-electron chi connectivity index (χ3n) is 3.25. The summed E-state index contributed by atoms with van der Waals surface area (Å²) in [6, 6.07) is 20.3. The van der Waals surface area contributed by atoms with Crippen molar-refractivity contribution in [2.75, 3.05) is 5.32 Å². The van der Waals surface area contributed by atoms with Gasteiger partial charge in [0.2, 0.25) is 0 Å². The fraction of sp³-hybridized carbons (Fsp3) is 0.0500. The largest absolute Gasteiger partial charge is 0.481 e. The van der Waals surface area contributed by atoms with Crippen molar-refractivity contribution in [3.8, 4) is 0 Å². The first-order valence-corrected chi connectivity index (χ1v) is 7.40. The predicted molar refractivity (Wildman–Crippen MR) is 94.8 cm³/mol. The van der Waals surface area contributed by atoms with E-state index in [1.165, 1.54) is 12.2 Å². The van der Waals surface area contributed by atoms with Crippen molar-refractivity contribution in [2.45, 2.75) is 0 Å². The van der Waals surface area contributed by atoms with Gasteiger partial charge in [0.1, 0.15) is 11.9 Å². The number of carboxylic acid groups (broad SMARTS) is 1. The van der Waals surface area contributed by atoms with E-state index in [0.717, 1.165) is 11.4 Å². The van der Waals surface area contributed by atoms with E-state index in [9.17, 15) is 9.59 Å². The molecule has 0 fully saturated rings. The molecule has 1 aliphatic carbocycles. The van der Waals surface area contributed by atoms with Gasteiger partial charge in [-0.2, -0.15) is 0 Å². The van der Waals surface area contributed by atoms with Crippen LogP contribution in [0.1, 0.15) is 0 Å². The minimum Gasteiger partial charge on any atom is -0.481 e. The molecular formula is C20H17NO3. The Hall–Kier alpha value is -3.36. The first kappa shape index (κ1) is 17.0. The molecule has 2 aromatic rings. The van der Waals surface area contributed by atoms with Crippen LogP contribution in [0.5, 0.6) is 0 Å². The van der Waals surface area contributed by atoms with Crippen LogP contribution in [-0.2, 0) is 9.59 Å². The van der Waals surface area contributed by atoms with Gasteiger partial charge in [-0.3, -0.25) is 4.79 Å². The van der Waals surface area contributed by atoms with Gasteiger partial charge in [-0.05, 0) is 30.3 Å². The lowest BCUT2D eigenvalue weighted by Crippen LogP contribution is -2.14. The van der Waals surface area contributed by atoms with E-state index >= 15 is 0 Å². The zero-order chi connectivity index (χ0) is 17.2. The van der Waals surface area contributed by atoms with Crippen LogP contribution in [0.25, 0.3) is 0 Å². The number of carbonyl (C=O) groups excluding carboxylic acids is 1. The zero-order valence-corrected chi connectivity index (χ0v) is 12.9. The van der Waals surface area contributed by atoms with E-state index in [1.807, 2.05) is 60.7 Å². The number of carboxylic acids is 1. The average molecular weight is 319 g/mol. The molecule has 0 aliphatic heterocycles. The van der Waals surface area contributed by atoms with Crippen molar-refractivity contribution in [1.29, 1.82) is 0 Å². The monoisotopic (exact) mass is 319 g/mol. The molecule has 4 heteroatoms. The number of benzene rings is 2. The Kier molecular flexibility index (Phi) is 6.33. The van der Waals surface area contributed by atoms with Crippen LogP contribution >= 0.6 is 0 Å². The Morgan fingerprint density at radius 2 is 1.46 bits per heavy atom. The maximum atomic E-state index is 10.4. The van der Waals surface area contributed by atoms with E-state index in [2.05, 4.69) is 5.32 Å². The van der Waals surface area contributed by atoms with Gasteiger partial charge in [0.15, 0.2) is 0 Å². The van der Waals surface area contributed by atoms with E-state index in [4.69, 9.17) is 5.11 Å². The molecule has 24 heavy (non-hydrogen) atoms. The molecule has 3 rings (SSSR count). The van der Waals surface area contributed by atoms with E-state index in [-0.39, 0.29) is 5.57 Å². The second-order valence-electron chi connectivity index (χ2n) is 4.97. The van der Waals surface area contributed by atoms with Crippen molar-refractivity contribution >= 4 is 23.3 Å². The summed E-state index contributed by atoms with van der Waals surface area (Å²) >= 11 is 0. The van der Waals surface area contributed by atoms with Crippen molar-refractivity contribution in [1.82, 2.24) is 0 Å². The summed E-state index contributed by atoms with van der Waals surface area (Å²) in [6.45, 7) is 0. The molecule has 2 aromatic carbocycles. The number of hydrogen-bond acceptors (Lipinski definition) is 3. The lowest BCUT2D eigenvalue weighted by Gasteiger charge is -2.06. The molecule has 0 spiro atoms. The van der Waals surface area contributed by atoms with Crippen LogP contribution in [-0.4, -0.2) is 17.0 Å². The number of anilines is 2. The summed E-state index contributed by atoms with van der Waals surface area (Å²) in [7, 11) is 0. The fourth-order valence-corrected chi connectivity index (χ4v) is 2.06. The Bertz CT molecular complexity index is 736. The van der Waals surface area contributed by atoms with Crippen molar-refractivity contribution in [3.63, 3.8) is 0 Å². The summed E-state index contributed by atoms with van der Waals surface area (Å²) in [6.07, 6.45) is 6.10. The molecule has 0 amide bonds. The number of allylic oxidation sites excluding steroid dienone is 3. The molecule has 0 saturated heterocycles. The Balaban J connectivity index is 0.000000177. The van der Waals surface area contributed by atoms with Crippen molar-refractivity contribution < 1.29 is 14.7 Å². The molecule has 0 heterocycles. The Morgan fingerprint density at radius 3 is 1.88 bits per heavy atom. The maximum absolute atomic E-state index is 10.4. The van der Waals surface area contributed by atoms with Crippen LogP contribution in [0.2, 0.25) is 0 Å². The van der Waals surface area contributed by atoms with Gasteiger partial charge >= 0.3 is 5.97 Å². The number of aliphatic carboxylic acids is 1. The average Bonchev–Trinajstić information content (AvgIpc) is 2.64. The molecule has 120 valence electrons. The third-order valence-corrected chi connectivity index (χ3v) is 3.25. The highest BCUT2D eigenvalue weighted by molar-refractivity contribution is 5.82. The molecular weight excluding hydrogens is 302 g/mol. The van der Waals surface area contributed by atoms with Crippen molar-refractivity contribution in [3.05, 3.63) is 90.5 Å². The first-order chi connectivity index (χ1) is 11.7. The van der Waals surface area contributed by atoms with Gasteiger partial charge in [0, 0.05) is 11.4 Å². The number of carbonyl (C=O) groups is 1. The van der Waals surface area contributed by atoms with E-state index < -0.39 is 11.9 Å². The normalized spacial score (nSPS) is 15.0. The number of rotatable bonds is 3. The zero-order valence-electron chi connectivity index (χ0n) is 12.9. The van der Waals surface area contributed by atoms with Crippen LogP contribution in [0.3, 0.4) is 0 Å². The topological polar surface area (TPSA) is 66.4 Å². The molecule has 0 saturated carbocycles. The van der Waals surface area contributed by atoms with E-state index in [0.29, 0.717) is 0 Å². The highest BCUT2D eigenvalue weighted by Crippen LogP contribution is 2.16. The van der Waals surface area contributed by atoms with Gasteiger partial charge in [-0.15, -0.1) is 0 Å². The minimum atomic E-state index is -1.02. The molecule has 0 aromatic heterocycles. The fourth-order valence-electron chi connectivity index (χ4n) is 2.06. The lowest BCUT2D eigenvalue weighted by molar-refractivity contribution is -0.138. The summed E-state index contributed by atoms with van der Waals surface area (Å²) in [5, 5.41) is 11.9. The summed E-state index contributed by atoms with van der Waals surface area (Å²) < 4.78 is 0. The van der Waals surface area contributed by atoms with Gasteiger partial charge in [0.25, 0.3) is 0 Å². The summed E-state index contributed by atoms with van der Waals surface area (Å²) in [5.74, 6) is -0.263. The SMILES string of the molecule is O=C=C1C=CC=CC1C(=O)O.c1ccc(Nc2ccccc2)cc1. The first-order valence-electron chi connectivity index (χ1n) is 7.40. The molecule has 2 N–H and O–H groups in total. The second kappa shape index (κ2) is 8.93. The van der Waals surface area contributed by atoms with Crippen LogP contribution in [0.15, 0.2) is 90.5 Å². The molecule has 0 radical (unpaired) electrons. The quantitative estimate of drug-likeness (QED) is 0.839. The van der Waals surface area contributed by atoms with Gasteiger partial charge in [-0.25, -0.2) is 4.79 Å². The van der Waals surface area contributed by atoms with Gasteiger partial charge < -0.3 is 10.4 Å². The predicted octanol–water partition coefficient (Wildman–Crippen LogP) is 4.00. The number of nitrogens with one attached hydrogen (secondary N) is 1. The summed E-state index contributed by atoms with van der Waals surface area (Å²) in [4.78, 5) is 20.6. The van der Waals surface area contributed by atoms with Crippen molar-refractivity contribution in [2.24, 2.45) is 5.92 Å². The number of hydrogen-bond donors (Lipinski definition) is 2. The van der Waals surface area contributed by atoms with Gasteiger partial charge in [0.05, 0.1) is 5.57 Å². The Morgan fingerprint density at radius 1 is 0.917 bits per heavy atom. The maximum Gasteiger partial charge on any atom is 0.315 e.